The Morgan fingerprint density at radius 1 is 1.19 bits per heavy atom. The smallest absolute Gasteiger partial charge is 0.357 e. The summed E-state index contributed by atoms with van der Waals surface area (Å²) < 4.78 is 4.68. The third kappa shape index (κ3) is 1.91. The topological polar surface area (TPSA) is 52.1 Å². The highest BCUT2D eigenvalue weighted by Gasteiger charge is 2.13. The molecule has 4 heteroatoms. The van der Waals surface area contributed by atoms with Gasteiger partial charge in [0.2, 0.25) is 0 Å². The molecule has 0 N–H and O–H groups in total. The SMILES string of the molecule is COC(=O)c1ncccc1-c1ccncc1. The van der Waals surface area contributed by atoms with Crippen LogP contribution in [0.2, 0.25) is 0 Å². The van der Waals surface area contributed by atoms with Gasteiger partial charge < -0.3 is 4.74 Å². The summed E-state index contributed by atoms with van der Waals surface area (Å²) in [7, 11) is 1.34. The van der Waals surface area contributed by atoms with E-state index in [1.165, 1.54) is 7.11 Å². The summed E-state index contributed by atoms with van der Waals surface area (Å²) in [5, 5.41) is 0. The third-order valence-corrected chi connectivity index (χ3v) is 2.18. The molecule has 2 rings (SSSR count). The highest BCUT2D eigenvalue weighted by molar-refractivity contribution is 5.94. The van der Waals surface area contributed by atoms with E-state index in [9.17, 15) is 4.79 Å². The molecule has 0 atom stereocenters. The van der Waals surface area contributed by atoms with Gasteiger partial charge in [-0.15, -0.1) is 0 Å². The predicted octanol–water partition coefficient (Wildman–Crippen LogP) is 1.93. The molecule has 0 saturated heterocycles. The molecule has 0 aliphatic carbocycles. The number of carbonyl (C=O) groups excluding carboxylic acids is 1. The molecule has 0 aliphatic rings. The van der Waals surface area contributed by atoms with E-state index in [2.05, 4.69) is 14.7 Å². The Morgan fingerprint density at radius 3 is 2.62 bits per heavy atom. The fourth-order valence-corrected chi connectivity index (χ4v) is 1.43. The van der Waals surface area contributed by atoms with Gasteiger partial charge in [0.05, 0.1) is 7.11 Å². The number of nitrogens with zero attached hydrogens (tertiary/aromatic N) is 2. The van der Waals surface area contributed by atoms with Crippen LogP contribution >= 0.6 is 0 Å². The van der Waals surface area contributed by atoms with E-state index in [4.69, 9.17) is 0 Å². The van der Waals surface area contributed by atoms with Crippen LogP contribution in [0.3, 0.4) is 0 Å². The largest absolute Gasteiger partial charge is 0.464 e. The van der Waals surface area contributed by atoms with Crippen molar-refractivity contribution >= 4 is 5.97 Å². The number of hydrogen-bond acceptors (Lipinski definition) is 4. The van der Waals surface area contributed by atoms with Gasteiger partial charge in [-0.2, -0.15) is 0 Å². The van der Waals surface area contributed by atoms with Crippen LogP contribution in [0.1, 0.15) is 10.5 Å². The molecular weight excluding hydrogens is 204 g/mol. The molecule has 80 valence electrons. The Bertz CT molecular complexity index is 497. The Labute approximate surface area is 92.9 Å². The maximum Gasteiger partial charge on any atom is 0.357 e. The quantitative estimate of drug-likeness (QED) is 0.717. The zero-order valence-electron chi connectivity index (χ0n) is 8.75. The molecule has 2 heterocycles. The third-order valence-electron chi connectivity index (χ3n) is 2.18. The first-order chi connectivity index (χ1) is 7.83. The van der Waals surface area contributed by atoms with Crippen molar-refractivity contribution in [2.24, 2.45) is 0 Å². The fourth-order valence-electron chi connectivity index (χ4n) is 1.43. The molecule has 2 aromatic rings. The van der Waals surface area contributed by atoms with Crippen LogP contribution in [0.5, 0.6) is 0 Å². The number of esters is 1. The summed E-state index contributed by atoms with van der Waals surface area (Å²) in [5.74, 6) is -0.438. The molecule has 0 fully saturated rings. The summed E-state index contributed by atoms with van der Waals surface area (Å²) in [4.78, 5) is 19.5. The zero-order valence-corrected chi connectivity index (χ0v) is 8.75. The summed E-state index contributed by atoms with van der Waals surface area (Å²) >= 11 is 0. The summed E-state index contributed by atoms with van der Waals surface area (Å²) in [5.41, 5.74) is 1.96. The van der Waals surface area contributed by atoms with Gasteiger partial charge in [-0.25, -0.2) is 9.78 Å². The Hall–Kier alpha value is -2.23. The predicted molar refractivity (Wildman–Crippen MR) is 58.8 cm³/mol. The minimum atomic E-state index is -0.438. The van der Waals surface area contributed by atoms with E-state index < -0.39 is 5.97 Å². The second-order valence-corrected chi connectivity index (χ2v) is 3.13. The minimum Gasteiger partial charge on any atom is -0.464 e. The van der Waals surface area contributed by atoms with E-state index in [0.29, 0.717) is 5.69 Å². The molecule has 0 aliphatic heterocycles. The second-order valence-electron chi connectivity index (χ2n) is 3.13. The average molecular weight is 214 g/mol. The van der Waals surface area contributed by atoms with E-state index >= 15 is 0 Å². The van der Waals surface area contributed by atoms with Gasteiger partial charge in [0.25, 0.3) is 0 Å². The molecule has 2 aromatic heterocycles. The van der Waals surface area contributed by atoms with Crippen LogP contribution in [-0.4, -0.2) is 23.0 Å². The first-order valence-corrected chi connectivity index (χ1v) is 4.76. The van der Waals surface area contributed by atoms with Crippen molar-refractivity contribution < 1.29 is 9.53 Å². The van der Waals surface area contributed by atoms with Crippen molar-refractivity contribution in [1.29, 1.82) is 0 Å². The number of pyridine rings is 2. The lowest BCUT2D eigenvalue weighted by molar-refractivity contribution is 0.0595. The summed E-state index contributed by atoms with van der Waals surface area (Å²) in [6.45, 7) is 0. The summed E-state index contributed by atoms with van der Waals surface area (Å²) in [6.07, 6.45) is 4.91. The van der Waals surface area contributed by atoms with Gasteiger partial charge in [0.1, 0.15) is 0 Å². The Kier molecular flexibility index (Phi) is 2.91. The lowest BCUT2D eigenvalue weighted by Gasteiger charge is -2.05. The molecule has 0 spiro atoms. The molecule has 0 bridgehead atoms. The molecular formula is C12H10N2O2. The molecule has 16 heavy (non-hydrogen) atoms. The molecule has 0 radical (unpaired) electrons. The highest BCUT2D eigenvalue weighted by atomic mass is 16.5. The molecule has 0 unspecified atom stereocenters. The number of rotatable bonds is 2. The lowest BCUT2D eigenvalue weighted by Crippen LogP contribution is -2.06. The molecule has 0 aromatic carbocycles. The van der Waals surface area contributed by atoms with Crippen molar-refractivity contribution in [3.63, 3.8) is 0 Å². The normalized spacial score (nSPS) is 9.81. The zero-order chi connectivity index (χ0) is 11.4. The molecule has 0 saturated carbocycles. The number of carbonyl (C=O) groups is 1. The van der Waals surface area contributed by atoms with Crippen LogP contribution in [0.25, 0.3) is 11.1 Å². The summed E-state index contributed by atoms with van der Waals surface area (Å²) in [6, 6.07) is 7.25. The first-order valence-electron chi connectivity index (χ1n) is 4.76. The molecule has 4 nitrogen and oxygen atoms in total. The fraction of sp³-hybridized carbons (Fsp3) is 0.0833. The van der Waals surface area contributed by atoms with Crippen molar-refractivity contribution in [3.8, 4) is 11.1 Å². The van der Waals surface area contributed by atoms with E-state index in [-0.39, 0.29) is 0 Å². The maximum atomic E-state index is 11.5. The van der Waals surface area contributed by atoms with Crippen molar-refractivity contribution in [1.82, 2.24) is 9.97 Å². The van der Waals surface area contributed by atoms with E-state index in [1.807, 2.05) is 18.2 Å². The van der Waals surface area contributed by atoms with Gasteiger partial charge in [0.15, 0.2) is 5.69 Å². The Morgan fingerprint density at radius 2 is 1.94 bits per heavy atom. The maximum absolute atomic E-state index is 11.5. The monoisotopic (exact) mass is 214 g/mol. The van der Waals surface area contributed by atoms with Crippen LogP contribution in [0, 0.1) is 0 Å². The highest BCUT2D eigenvalue weighted by Crippen LogP contribution is 2.21. The average Bonchev–Trinajstić information content (AvgIpc) is 2.39. The van der Waals surface area contributed by atoms with Crippen LogP contribution in [0.4, 0.5) is 0 Å². The van der Waals surface area contributed by atoms with Gasteiger partial charge >= 0.3 is 5.97 Å². The van der Waals surface area contributed by atoms with Crippen molar-refractivity contribution in [2.45, 2.75) is 0 Å². The minimum absolute atomic E-state index is 0.316. The number of methoxy groups -OCH3 is 1. The van der Waals surface area contributed by atoms with E-state index in [1.54, 1.807) is 24.7 Å². The number of hydrogen-bond donors (Lipinski definition) is 0. The number of aromatic nitrogens is 2. The number of ether oxygens (including phenoxy) is 1. The van der Waals surface area contributed by atoms with Crippen LogP contribution < -0.4 is 0 Å². The van der Waals surface area contributed by atoms with Gasteiger partial charge in [-0.1, -0.05) is 6.07 Å². The van der Waals surface area contributed by atoms with Gasteiger partial charge in [-0.05, 0) is 23.8 Å². The van der Waals surface area contributed by atoms with Crippen LogP contribution in [0.15, 0.2) is 42.9 Å². The van der Waals surface area contributed by atoms with Crippen LogP contribution in [-0.2, 0) is 4.74 Å². The lowest BCUT2D eigenvalue weighted by atomic mass is 10.1. The van der Waals surface area contributed by atoms with Gasteiger partial charge in [0, 0.05) is 24.2 Å². The van der Waals surface area contributed by atoms with E-state index in [0.717, 1.165) is 11.1 Å². The second kappa shape index (κ2) is 4.53. The first kappa shape index (κ1) is 10.3. The van der Waals surface area contributed by atoms with Crippen molar-refractivity contribution in [2.75, 3.05) is 7.11 Å². The molecule has 0 amide bonds. The van der Waals surface area contributed by atoms with Gasteiger partial charge in [-0.3, -0.25) is 4.98 Å². The Balaban J connectivity index is 2.53. The van der Waals surface area contributed by atoms with Crippen molar-refractivity contribution in [3.05, 3.63) is 48.5 Å². The standard InChI is InChI=1S/C12H10N2O2/c1-16-12(15)11-10(3-2-6-14-11)9-4-7-13-8-5-9/h2-8H,1H3.